The van der Waals surface area contributed by atoms with E-state index in [9.17, 15) is 24.1 Å². The fourth-order valence-corrected chi connectivity index (χ4v) is 4.94. The number of ether oxygens (including phenoxy) is 1. The van der Waals surface area contributed by atoms with Crippen LogP contribution in [-0.2, 0) is 28.0 Å². The highest BCUT2D eigenvalue weighted by molar-refractivity contribution is 7.58. The molecule has 0 bridgehead atoms. The molecule has 0 aromatic heterocycles. The first-order valence-electron chi connectivity index (χ1n) is 8.81. The summed E-state index contributed by atoms with van der Waals surface area (Å²) < 4.78 is 27.8. The Hall–Kier alpha value is -2.68. The van der Waals surface area contributed by atoms with E-state index in [-0.39, 0.29) is 18.3 Å². The molecule has 29 heavy (non-hydrogen) atoms. The number of nitrogens with zero attached hydrogens (tertiary/aromatic N) is 1. The van der Waals surface area contributed by atoms with Crippen molar-refractivity contribution in [2.45, 2.75) is 24.9 Å². The van der Waals surface area contributed by atoms with Gasteiger partial charge in [-0.3, -0.25) is 19.1 Å². The van der Waals surface area contributed by atoms with Gasteiger partial charge in [-0.25, -0.2) is 4.79 Å². The van der Waals surface area contributed by atoms with Crippen molar-refractivity contribution >= 4 is 25.4 Å². The molecule has 0 saturated carbocycles. The first kappa shape index (κ1) is 21.0. The quantitative estimate of drug-likeness (QED) is 0.472. The van der Waals surface area contributed by atoms with E-state index >= 15 is 0 Å². The molecule has 2 aliphatic rings. The summed E-state index contributed by atoms with van der Waals surface area (Å²) in [4.78, 5) is 37.5. The molecule has 3 rings (SSSR count). The summed E-state index contributed by atoms with van der Waals surface area (Å²) in [6.07, 6.45) is 0.404. The minimum absolute atomic E-state index is 0.0585. The van der Waals surface area contributed by atoms with Crippen LogP contribution in [0.1, 0.15) is 12.8 Å². The van der Waals surface area contributed by atoms with Gasteiger partial charge in [-0.2, -0.15) is 0 Å². The molecular formula is C18H21N2O8P. The monoisotopic (exact) mass is 424 g/mol. The Labute approximate surface area is 167 Å². The number of carbonyl (C=O) groups is 3. The molecule has 2 aliphatic heterocycles. The van der Waals surface area contributed by atoms with Gasteiger partial charge in [0.05, 0.1) is 11.4 Å². The van der Waals surface area contributed by atoms with E-state index in [1.165, 1.54) is 0 Å². The molecule has 2 heterocycles. The Balaban J connectivity index is 1.71. The number of carboxylic acid groups (broad SMARTS) is 1. The molecule has 0 spiro atoms. The van der Waals surface area contributed by atoms with Gasteiger partial charge in [0.1, 0.15) is 17.5 Å². The van der Waals surface area contributed by atoms with Crippen molar-refractivity contribution in [3.63, 3.8) is 0 Å². The van der Waals surface area contributed by atoms with E-state index in [2.05, 4.69) is 5.32 Å². The fourth-order valence-electron chi connectivity index (χ4n) is 3.49. The minimum atomic E-state index is -3.82. The third kappa shape index (κ3) is 3.91. The van der Waals surface area contributed by atoms with E-state index in [1.54, 1.807) is 24.3 Å². The van der Waals surface area contributed by atoms with Gasteiger partial charge in [-0.05, 0) is 25.0 Å². The van der Waals surface area contributed by atoms with Gasteiger partial charge >= 0.3 is 13.6 Å². The number of β-lactam (4-membered cyclic amide) rings is 1. The van der Waals surface area contributed by atoms with Crippen LogP contribution in [0, 0.1) is 0 Å². The maximum Gasteiger partial charge on any atom is 0.359 e. The Kier molecular flexibility index (Phi) is 6.07. The number of allylic oxidation sites excluding steroid dienone is 1. The van der Waals surface area contributed by atoms with Gasteiger partial charge in [-0.15, -0.1) is 0 Å². The van der Waals surface area contributed by atoms with Crippen LogP contribution in [0.2, 0.25) is 0 Å². The normalized spacial score (nSPS) is 21.3. The predicted octanol–water partition coefficient (Wildman–Crippen LogP) is 1.34. The van der Waals surface area contributed by atoms with Gasteiger partial charge in [0, 0.05) is 14.2 Å². The molecule has 10 nitrogen and oxygen atoms in total. The standard InChI is InChI=1S/C18H21N2O8P/c1-26-29(25,27-2)13-9-8-12-15(17(22)20(12)16(13)18(23)24)19-14(21)10-28-11-6-4-3-5-7-11/h3-7,12,15H,8-10H2,1-2H3,(H,19,21)(H,23,24). The minimum Gasteiger partial charge on any atom is -0.484 e. The molecule has 0 aliphatic carbocycles. The van der Waals surface area contributed by atoms with Crippen LogP contribution in [0.4, 0.5) is 0 Å². The number of benzene rings is 1. The molecule has 156 valence electrons. The Morgan fingerprint density at radius 2 is 1.90 bits per heavy atom. The Morgan fingerprint density at radius 3 is 2.48 bits per heavy atom. The van der Waals surface area contributed by atoms with E-state index in [0.29, 0.717) is 12.2 Å². The molecule has 2 N–H and O–H groups in total. The zero-order valence-electron chi connectivity index (χ0n) is 15.9. The molecule has 1 fully saturated rings. The maximum atomic E-state index is 12.7. The van der Waals surface area contributed by atoms with Crippen molar-refractivity contribution in [3.05, 3.63) is 41.3 Å². The average Bonchev–Trinajstić information content (AvgIpc) is 2.74. The molecule has 2 unspecified atom stereocenters. The number of carboxylic acids is 1. The number of fused-ring (bicyclic) bond motifs is 1. The van der Waals surface area contributed by atoms with Crippen molar-refractivity contribution < 1.29 is 37.8 Å². The molecule has 11 heteroatoms. The van der Waals surface area contributed by atoms with Gasteiger partial charge in [0.2, 0.25) is 0 Å². The number of carbonyl (C=O) groups excluding carboxylic acids is 2. The lowest BCUT2D eigenvalue weighted by molar-refractivity contribution is -0.156. The molecule has 1 aromatic carbocycles. The highest BCUT2D eigenvalue weighted by Gasteiger charge is 2.55. The van der Waals surface area contributed by atoms with Gasteiger partial charge in [0.25, 0.3) is 11.8 Å². The van der Waals surface area contributed by atoms with Crippen molar-refractivity contribution in [1.29, 1.82) is 0 Å². The smallest absolute Gasteiger partial charge is 0.359 e. The van der Waals surface area contributed by atoms with Crippen LogP contribution < -0.4 is 10.1 Å². The number of rotatable bonds is 8. The second-order valence-electron chi connectivity index (χ2n) is 6.42. The molecule has 2 atom stereocenters. The summed E-state index contributed by atoms with van der Waals surface area (Å²) >= 11 is 0. The zero-order chi connectivity index (χ0) is 21.2. The molecule has 1 saturated heterocycles. The van der Waals surface area contributed by atoms with Crippen molar-refractivity contribution in [3.8, 4) is 5.75 Å². The average molecular weight is 424 g/mol. The number of amides is 2. The maximum absolute atomic E-state index is 12.7. The molecule has 1 aromatic rings. The van der Waals surface area contributed by atoms with Crippen LogP contribution in [-0.4, -0.2) is 60.7 Å². The number of hydrogen-bond donors (Lipinski definition) is 2. The lowest BCUT2D eigenvalue weighted by atomic mass is 9.86. The molecular weight excluding hydrogens is 403 g/mol. The van der Waals surface area contributed by atoms with Crippen LogP contribution in [0.15, 0.2) is 41.3 Å². The Bertz CT molecular complexity index is 892. The summed E-state index contributed by atoms with van der Waals surface area (Å²) in [6, 6.07) is 7.30. The van der Waals surface area contributed by atoms with Crippen LogP contribution >= 0.6 is 7.60 Å². The van der Waals surface area contributed by atoms with Gasteiger partial charge < -0.3 is 24.2 Å². The lowest BCUT2D eigenvalue weighted by Gasteiger charge is -2.50. The highest BCUT2D eigenvalue weighted by atomic mass is 31.2. The summed E-state index contributed by atoms with van der Waals surface area (Å²) in [5.41, 5.74) is -0.413. The van der Waals surface area contributed by atoms with Crippen LogP contribution in [0.5, 0.6) is 5.75 Å². The highest BCUT2D eigenvalue weighted by Crippen LogP contribution is 2.60. The second-order valence-corrected chi connectivity index (χ2v) is 8.69. The van der Waals surface area contributed by atoms with E-state index in [4.69, 9.17) is 13.8 Å². The first-order chi connectivity index (χ1) is 13.8. The third-order valence-electron chi connectivity index (χ3n) is 4.85. The second kappa shape index (κ2) is 8.36. The molecule has 0 radical (unpaired) electrons. The van der Waals surface area contributed by atoms with Crippen LogP contribution in [0.25, 0.3) is 0 Å². The number of hydrogen-bond acceptors (Lipinski definition) is 7. The Morgan fingerprint density at radius 1 is 1.24 bits per heavy atom. The predicted molar refractivity (Wildman–Crippen MR) is 100 cm³/mol. The van der Waals surface area contributed by atoms with Crippen molar-refractivity contribution in [2.75, 3.05) is 20.8 Å². The lowest BCUT2D eigenvalue weighted by Crippen LogP contribution is -2.71. The van der Waals surface area contributed by atoms with Gasteiger partial charge in [-0.1, -0.05) is 18.2 Å². The summed E-state index contributed by atoms with van der Waals surface area (Å²) in [7, 11) is -1.52. The number of para-hydroxylation sites is 1. The number of aliphatic carboxylic acids is 1. The SMILES string of the molecule is COP(=O)(OC)C1=C(C(=O)O)N2C(=O)C(NC(=O)COc3ccccc3)C2CC1. The summed E-state index contributed by atoms with van der Waals surface area (Å²) in [5.74, 6) is -2.00. The fraction of sp³-hybridized carbons (Fsp3) is 0.389. The summed E-state index contributed by atoms with van der Waals surface area (Å²) in [6.45, 7) is -0.282. The first-order valence-corrected chi connectivity index (χ1v) is 10.4. The van der Waals surface area contributed by atoms with E-state index in [0.717, 1.165) is 19.1 Å². The van der Waals surface area contributed by atoms with E-state index in [1.807, 2.05) is 6.07 Å². The van der Waals surface area contributed by atoms with Crippen molar-refractivity contribution in [1.82, 2.24) is 10.2 Å². The van der Waals surface area contributed by atoms with Crippen LogP contribution in [0.3, 0.4) is 0 Å². The third-order valence-corrected chi connectivity index (χ3v) is 6.91. The van der Waals surface area contributed by atoms with Crippen molar-refractivity contribution in [2.24, 2.45) is 0 Å². The zero-order valence-corrected chi connectivity index (χ0v) is 16.8. The molecule has 2 amide bonds. The largest absolute Gasteiger partial charge is 0.484 e. The van der Waals surface area contributed by atoms with E-state index < -0.39 is 43.2 Å². The van der Waals surface area contributed by atoms with Gasteiger partial charge in [0.15, 0.2) is 6.61 Å². The topological polar surface area (TPSA) is 131 Å². The number of nitrogens with one attached hydrogen (secondary N) is 1. The summed E-state index contributed by atoms with van der Waals surface area (Å²) in [5, 5.41) is 12.1.